The summed E-state index contributed by atoms with van der Waals surface area (Å²) in [6.45, 7) is 1.19. The summed E-state index contributed by atoms with van der Waals surface area (Å²) in [4.78, 5) is 29.0. The van der Waals surface area contributed by atoms with Gasteiger partial charge >= 0.3 is 5.97 Å². The van der Waals surface area contributed by atoms with Crippen LogP contribution in [0.15, 0.2) is 53.7 Å². The molecule has 1 fully saturated rings. The van der Waals surface area contributed by atoms with Crippen molar-refractivity contribution in [1.82, 2.24) is 14.8 Å². The number of nitrogens with zero attached hydrogens (tertiary/aromatic N) is 3. The van der Waals surface area contributed by atoms with Gasteiger partial charge in [0, 0.05) is 23.8 Å². The molecule has 0 saturated carbocycles. The molecule has 9 heteroatoms. The fraction of sp³-hybridized carbons (Fsp3) is 0.273. The van der Waals surface area contributed by atoms with E-state index in [1.54, 1.807) is 18.2 Å². The predicted octanol–water partition coefficient (Wildman–Crippen LogP) is 3.99. The zero-order valence-electron chi connectivity index (χ0n) is 16.5. The maximum Gasteiger partial charge on any atom is 0.335 e. The molecule has 0 aliphatic carbocycles. The normalized spacial score (nSPS) is 16.2. The molecule has 0 amide bonds. The minimum atomic E-state index is -1.11. The summed E-state index contributed by atoms with van der Waals surface area (Å²) in [6, 6.07) is 11.9. The Hall–Kier alpha value is -3.04. The first kappa shape index (κ1) is 21.2. The van der Waals surface area contributed by atoms with Gasteiger partial charge in [0.05, 0.1) is 12.2 Å². The molecule has 1 atom stereocenters. The summed E-state index contributed by atoms with van der Waals surface area (Å²) in [5.41, 5.74) is 1.11. The molecule has 2 aromatic carbocycles. The molecule has 3 aromatic rings. The lowest BCUT2D eigenvalue weighted by Crippen LogP contribution is -2.18. The van der Waals surface area contributed by atoms with Crippen LogP contribution in [-0.4, -0.2) is 45.0 Å². The number of aromatic carboxylic acids is 1. The van der Waals surface area contributed by atoms with Gasteiger partial charge in [0.25, 0.3) is 5.91 Å². The number of carbonyl (C=O) groups is 2. The Morgan fingerprint density at radius 2 is 1.97 bits per heavy atom. The van der Waals surface area contributed by atoms with Crippen LogP contribution in [0, 0.1) is 5.82 Å². The van der Waals surface area contributed by atoms with Crippen LogP contribution in [0.2, 0.25) is 0 Å². The van der Waals surface area contributed by atoms with Crippen LogP contribution >= 0.6 is 11.8 Å². The minimum Gasteiger partial charge on any atom is -0.478 e. The van der Waals surface area contributed by atoms with Crippen molar-refractivity contribution in [1.29, 1.82) is 0 Å². The molecule has 0 radical (unpaired) electrons. The van der Waals surface area contributed by atoms with E-state index in [2.05, 4.69) is 10.1 Å². The third-order valence-electron chi connectivity index (χ3n) is 4.95. The number of hydrogen-bond donors (Lipinski definition) is 1. The second-order valence-corrected chi connectivity index (χ2v) is 8.13. The zero-order chi connectivity index (χ0) is 21.8. The van der Waals surface area contributed by atoms with Crippen molar-refractivity contribution in [3.63, 3.8) is 0 Å². The van der Waals surface area contributed by atoms with Crippen molar-refractivity contribution in [3.05, 3.63) is 76.9 Å². The van der Waals surface area contributed by atoms with Gasteiger partial charge in [-0.1, -0.05) is 30.0 Å². The average Bonchev–Trinajstić information content (AvgIpc) is 3.23. The van der Waals surface area contributed by atoms with Gasteiger partial charge in [-0.15, -0.1) is 5.10 Å². The number of carboxylic acids is 1. The third kappa shape index (κ3) is 5.00. The van der Waals surface area contributed by atoms with Gasteiger partial charge in [-0.05, 0) is 48.7 Å². The molecule has 1 unspecified atom stereocenters. The maximum atomic E-state index is 13.2. The van der Waals surface area contributed by atoms with Gasteiger partial charge in [-0.2, -0.15) is 4.68 Å². The second kappa shape index (κ2) is 9.40. The monoisotopic (exact) mass is 441 g/mol. The molecule has 7 nitrogen and oxygen atoms in total. The van der Waals surface area contributed by atoms with Gasteiger partial charge in [0.1, 0.15) is 5.82 Å². The third-order valence-corrected chi connectivity index (χ3v) is 5.95. The minimum absolute atomic E-state index is 0.00155. The van der Waals surface area contributed by atoms with Crippen LogP contribution in [0.1, 0.15) is 50.9 Å². The zero-order valence-corrected chi connectivity index (χ0v) is 17.3. The Morgan fingerprint density at radius 3 is 2.68 bits per heavy atom. The highest BCUT2D eigenvalue weighted by Gasteiger charge is 2.25. The van der Waals surface area contributed by atoms with Crippen molar-refractivity contribution in [2.24, 2.45) is 0 Å². The van der Waals surface area contributed by atoms with E-state index in [0.717, 1.165) is 18.4 Å². The quantitative estimate of drug-likeness (QED) is 0.578. The standard InChI is InChI=1S/C22H20FN3O4S/c23-18-8-6-14(7-9-18)13-31-22-24-19(17-5-2-10-30-12-17)25-26(22)20(27)15-3-1-4-16(11-15)21(28)29/h1,3-4,6-9,11,17H,2,5,10,12-13H2,(H,28,29). The van der Waals surface area contributed by atoms with Crippen LogP contribution in [0.3, 0.4) is 0 Å². The molecule has 4 rings (SSSR count). The van der Waals surface area contributed by atoms with E-state index in [4.69, 9.17) is 4.74 Å². The van der Waals surface area contributed by atoms with E-state index in [9.17, 15) is 19.1 Å². The molecule has 1 saturated heterocycles. The number of ether oxygens (including phenoxy) is 1. The lowest BCUT2D eigenvalue weighted by Gasteiger charge is -2.18. The highest BCUT2D eigenvalue weighted by molar-refractivity contribution is 7.98. The molecule has 1 aromatic heterocycles. The first-order valence-corrected chi connectivity index (χ1v) is 10.8. The Labute approximate surface area is 182 Å². The van der Waals surface area contributed by atoms with Crippen molar-refractivity contribution >= 4 is 23.6 Å². The molecule has 0 spiro atoms. The molecular formula is C22H20FN3O4S. The van der Waals surface area contributed by atoms with Crippen LogP contribution < -0.4 is 0 Å². The van der Waals surface area contributed by atoms with E-state index < -0.39 is 11.9 Å². The van der Waals surface area contributed by atoms with Crippen LogP contribution in [0.4, 0.5) is 4.39 Å². The topological polar surface area (TPSA) is 94.3 Å². The molecule has 1 aliphatic rings. The number of hydrogen-bond acceptors (Lipinski definition) is 6. The van der Waals surface area contributed by atoms with Crippen molar-refractivity contribution in [3.8, 4) is 0 Å². The smallest absolute Gasteiger partial charge is 0.335 e. The Balaban J connectivity index is 1.64. The molecule has 1 aliphatic heterocycles. The van der Waals surface area contributed by atoms with Gasteiger partial charge in [0.2, 0.25) is 0 Å². The fourth-order valence-corrected chi connectivity index (χ4v) is 4.18. The second-order valence-electron chi connectivity index (χ2n) is 7.18. The maximum absolute atomic E-state index is 13.2. The van der Waals surface area contributed by atoms with Gasteiger partial charge in [-0.25, -0.2) is 14.2 Å². The summed E-state index contributed by atoms with van der Waals surface area (Å²) >= 11 is 1.31. The summed E-state index contributed by atoms with van der Waals surface area (Å²) in [5, 5.41) is 14.1. The average molecular weight is 441 g/mol. The predicted molar refractivity (Wildman–Crippen MR) is 112 cm³/mol. The van der Waals surface area contributed by atoms with Gasteiger partial charge < -0.3 is 9.84 Å². The van der Waals surface area contributed by atoms with E-state index in [1.807, 2.05) is 0 Å². The molecule has 31 heavy (non-hydrogen) atoms. The lowest BCUT2D eigenvalue weighted by atomic mass is 10.0. The van der Waals surface area contributed by atoms with Crippen molar-refractivity contribution in [2.45, 2.75) is 29.7 Å². The Morgan fingerprint density at radius 1 is 1.19 bits per heavy atom. The lowest BCUT2D eigenvalue weighted by molar-refractivity contribution is 0.0696. The largest absolute Gasteiger partial charge is 0.478 e. The summed E-state index contributed by atoms with van der Waals surface area (Å²) in [5.74, 6) is -0.881. The van der Waals surface area contributed by atoms with Crippen LogP contribution in [0.5, 0.6) is 0 Å². The van der Waals surface area contributed by atoms with Gasteiger partial charge in [0.15, 0.2) is 11.0 Å². The number of carboxylic acid groups (broad SMARTS) is 1. The van der Waals surface area contributed by atoms with E-state index in [0.29, 0.717) is 29.9 Å². The van der Waals surface area contributed by atoms with E-state index in [1.165, 1.54) is 46.8 Å². The molecule has 0 bridgehead atoms. The number of halogens is 1. The summed E-state index contributed by atoms with van der Waals surface area (Å²) in [6.07, 6.45) is 1.76. The fourth-order valence-electron chi connectivity index (χ4n) is 3.29. The van der Waals surface area contributed by atoms with Crippen LogP contribution in [-0.2, 0) is 10.5 Å². The van der Waals surface area contributed by atoms with Crippen molar-refractivity contribution < 1.29 is 23.8 Å². The Bertz CT molecular complexity index is 1090. The molecular weight excluding hydrogens is 421 g/mol. The first-order chi connectivity index (χ1) is 15.0. The summed E-state index contributed by atoms with van der Waals surface area (Å²) in [7, 11) is 0. The number of aromatic nitrogens is 3. The highest BCUT2D eigenvalue weighted by atomic mass is 32.2. The number of thioether (sulfide) groups is 1. The van der Waals surface area contributed by atoms with Crippen LogP contribution in [0.25, 0.3) is 0 Å². The van der Waals surface area contributed by atoms with E-state index in [-0.39, 0.29) is 22.9 Å². The highest BCUT2D eigenvalue weighted by Crippen LogP contribution is 2.28. The van der Waals surface area contributed by atoms with E-state index >= 15 is 0 Å². The van der Waals surface area contributed by atoms with Gasteiger partial charge in [-0.3, -0.25) is 4.79 Å². The molecule has 2 heterocycles. The number of rotatable bonds is 6. The molecule has 160 valence electrons. The Kier molecular flexibility index (Phi) is 6.43. The number of carbonyl (C=O) groups excluding carboxylic acids is 1. The summed E-state index contributed by atoms with van der Waals surface area (Å²) < 4.78 is 19.9. The molecule has 1 N–H and O–H groups in total. The SMILES string of the molecule is O=C(O)c1cccc(C(=O)n2nc(C3CCCOC3)nc2SCc2ccc(F)cc2)c1. The van der Waals surface area contributed by atoms with Crippen molar-refractivity contribution in [2.75, 3.05) is 13.2 Å². The number of benzene rings is 2. The first-order valence-electron chi connectivity index (χ1n) is 9.81.